The molecule has 0 amide bonds. The molecule has 2 aromatic rings. The Morgan fingerprint density at radius 3 is 2.85 bits per heavy atom. The van der Waals surface area contributed by atoms with Gasteiger partial charge in [0.15, 0.2) is 11.0 Å². The molecule has 20 heavy (non-hydrogen) atoms. The minimum absolute atomic E-state index is 0.218. The summed E-state index contributed by atoms with van der Waals surface area (Å²) >= 11 is 1.50. The van der Waals surface area contributed by atoms with E-state index in [9.17, 15) is 0 Å². The van der Waals surface area contributed by atoms with Crippen molar-refractivity contribution in [3.8, 4) is 0 Å². The number of anilines is 1. The van der Waals surface area contributed by atoms with E-state index in [1.807, 2.05) is 18.4 Å². The topological polar surface area (TPSA) is 95.6 Å². The zero-order valence-corrected chi connectivity index (χ0v) is 12.9. The van der Waals surface area contributed by atoms with Crippen LogP contribution < -0.4 is 5.73 Å². The lowest BCUT2D eigenvalue weighted by molar-refractivity contribution is 0.384. The molecule has 2 rings (SSSR count). The molecule has 0 aromatic carbocycles. The van der Waals surface area contributed by atoms with Crippen molar-refractivity contribution >= 4 is 17.7 Å². The molecule has 0 spiro atoms. The number of nitrogens with zero attached hydrogens (tertiary/aromatic N) is 5. The van der Waals surface area contributed by atoms with Gasteiger partial charge in [-0.3, -0.25) is 4.57 Å². The summed E-state index contributed by atoms with van der Waals surface area (Å²) < 4.78 is 7.11. The molecule has 8 heteroatoms. The average molecular weight is 296 g/mol. The van der Waals surface area contributed by atoms with Gasteiger partial charge in [-0.25, -0.2) is 0 Å². The Hall–Kier alpha value is -1.57. The molecule has 0 radical (unpaired) electrons. The van der Waals surface area contributed by atoms with Crippen LogP contribution in [0.25, 0.3) is 0 Å². The first kappa shape index (κ1) is 14.8. The van der Waals surface area contributed by atoms with Gasteiger partial charge < -0.3 is 10.3 Å². The maximum absolute atomic E-state index is 5.79. The van der Waals surface area contributed by atoms with E-state index in [2.05, 4.69) is 27.3 Å². The molecule has 7 nitrogen and oxygen atoms in total. The Morgan fingerprint density at radius 2 is 2.15 bits per heavy atom. The highest BCUT2D eigenvalue weighted by molar-refractivity contribution is 7.98. The maximum Gasteiger partial charge on any atom is 0.237 e. The summed E-state index contributed by atoms with van der Waals surface area (Å²) in [6.45, 7) is 6.22. The molecule has 110 valence electrons. The van der Waals surface area contributed by atoms with Gasteiger partial charge in [0.2, 0.25) is 11.8 Å². The second kappa shape index (κ2) is 6.74. The number of nitrogens with two attached hydrogens (primary N) is 1. The Balaban J connectivity index is 1.97. The molecular formula is C12H20N6OS. The van der Waals surface area contributed by atoms with E-state index in [1.54, 1.807) is 0 Å². The van der Waals surface area contributed by atoms with E-state index < -0.39 is 0 Å². The van der Waals surface area contributed by atoms with Crippen molar-refractivity contribution in [2.75, 3.05) is 5.73 Å². The molecule has 0 atom stereocenters. The fourth-order valence-corrected chi connectivity index (χ4v) is 2.70. The fraction of sp³-hybridized carbons (Fsp3) is 0.667. The highest BCUT2D eigenvalue weighted by Gasteiger charge is 2.14. The van der Waals surface area contributed by atoms with E-state index in [0.29, 0.717) is 17.6 Å². The van der Waals surface area contributed by atoms with Crippen LogP contribution in [0.4, 0.5) is 5.95 Å². The lowest BCUT2D eigenvalue weighted by atomic mass is 10.2. The standard InChI is InChI=1S/C12H20N6OS/c1-4-5-6-9-14-10(19-17-9)7-20-12-16-15-11(13)18(12)8(2)3/h8H,4-7H2,1-3H3,(H2,13,15). The molecule has 0 unspecified atom stereocenters. The Kier molecular flexibility index (Phi) is 4.99. The smallest absolute Gasteiger partial charge is 0.237 e. The zero-order chi connectivity index (χ0) is 14.5. The minimum Gasteiger partial charge on any atom is -0.368 e. The van der Waals surface area contributed by atoms with Crippen LogP contribution >= 0.6 is 11.8 Å². The average Bonchev–Trinajstić information content (AvgIpc) is 3.00. The summed E-state index contributed by atoms with van der Waals surface area (Å²) in [5, 5.41) is 12.7. The third-order valence-corrected chi connectivity index (χ3v) is 3.72. The second-order valence-corrected chi connectivity index (χ2v) is 5.74. The normalized spacial score (nSPS) is 11.4. The predicted molar refractivity (Wildman–Crippen MR) is 77.3 cm³/mol. The van der Waals surface area contributed by atoms with Crippen LogP contribution in [0.2, 0.25) is 0 Å². The number of thioether (sulfide) groups is 1. The molecule has 0 aliphatic carbocycles. The van der Waals surface area contributed by atoms with Gasteiger partial charge in [-0.1, -0.05) is 30.3 Å². The summed E-state index contributed by atoms with van der Waals surface area (Å²) in [4.78, 5) is 4.36. The molecule has 0 fully saturated rings. The molecule has 0 bridgehead atoms. The molecule has 2 aromatic heterocycles. The number of aryl methyl sites for hydroxylation is 1. The maximum atomic E-state index is 5.79. The van der Waals surface area contributed by atoms with E-state index in [0.717, 1.165) is 30.2 Å². The van der Waals surface area contributed by atoms with Crippen LogP contribution in [0.15, 0.2) is 9.68 Å². The fourth-order valence-electron chi connectivity index (χ4n) is 1.78. The number of unbranched alkanes of at least 4 members (excludes halogenated alkanes) is 1. The molecule has 0 aliphatic rings. The number of hydrogen-bond acceptors (Lipinski definition) is 7. The monoisotopic (exact) mass is 296 g/mol. The van der Waals surface area contributed by atoms with Gasteiger partial charge in [0.25, 0.3) is 0 Å². The van der Waals surface area contributed by atoms with Crippen molar-refractivity contribution in [3.63, 3.8) is 0 Å². The third-order valence-electron chi connectivity index (χ3n) is 2.80. The van der Waals surface area contributed by atoms with E-state index in [-0.39, 0.29) is 6.04 Å². The summed E-state index contributed by atoms with van der Waals surface area (Å²) in [7, 11) is 0. The van der Waals surface area contributed by atoms with Crippen molar-refractivity contribution in [2.24, 2.45) is 0 Å². The summed E-state index contributed by atoms with van der Waals surface area (Å²) in [6, 6.07) is 0.218. The zero-order valence-electron chi connectivity index (χ0n) is 12.0. The van der Waals surface area contributed by atoms with Gasteiger partial charge >= 0.3 is 0 Å². The number of rotatable bonds is 7. The lowest BCUT2D eigenvalue weighted by Gasteiger charge is -2.10. The van der Waals surface area contributed by atoms with Crippen molar-refractivity contribution in [2.45, 2.75) is 57.0 Å². The van der Waals surface area contributed by atoms with Crippen molar-refractivity contribution < 1.29 is 4.52 Å². The molecule has 2 heterocycles. The summed E-state index contributed by atoms with van der Waals surface area (Å²) in [5.41, 5.74) is 5.79. The highest BCUT2D eigenvalue weighted by Crippen LogP contribution is 2.25. The van der Waals surface area contributed by atoms with Gasteiger partial charge in [-0.15, -0.1) is 10.2 Å². The van der Waals surface area contributed by atoms with Crippen LogP contribution in [0.5, 0.6) is 0 Å². The van der Waals surface area contributed by atoms with Gasteiger partial charge in [0.05, 0.1) is 5.75 Å². The predicted octanol–water partition coefficient (Wildman–Crippen LogP) is 2.46. The minimum atomic E-state index is 0.218. The van der Waals surface area contributed by atoms with E-state index >= 15 is 0 Å². The third kappa shape index (κ3) is 3.50. The number of aromatic nitrogens is 5. The first-order valence-electron chi connectivity index (χ1n) is 6.76. The van der Waals surface area contributed by atoms with E-state index in [4.69, 9.17) is 10.3 Å². The molecule has 0 saturated carbocycles. The van der Waals surface area contributed by atoms with Crippen molar-refractivity contribution in [3.05, 3.63) is 11.7 Å². The first-order valence-corrected chi connectivity index (χ1v) is 7.75. The van der Waals surface area contributed by atoms with Gasteiger partial charge in [0.1, 0.15) is 0 Å². The summed E-state index contributed by atoms with van der Waals surface area (Å²) in [5.74, 6) is 2.38. The van der Waals surface area contributed by atoms with Gasteiger partial charge in [0, 0.05) is 12.5 Å². The van der Waals surface area contributed by atoms with Crippen LogP contribution in [-0.2, 0) is 12.2 Å². The van der Waals surface area contributed by atoms with Crippen LogP contribution in [0.1, 0.15) is 51.4 Å². The van der Waals surface area contributed by atoms with Crippen LogP contribution in [0, 0.1) is 0 Å². The van der Waals surface area contributed by atoms with Gasteiger partial charge in [-0.05, 0) is 20.3 Å². The first-order chi connectivity index (χ1) is 9.61. The largest absolute Gasteiger partial charge is 0.368 e. The molecule has 2 N–H and O–H groups in total. The van der Waals surface area contributed by atoms with Crippen molar-refractivity contribution in [1.29, 1.82) is 0 Å². The SMILES string of the molecule is CCCCc1noc(CSc2nnc(N)n2C(C)C)n1. The number of nitrogen functional groups attached to an aromatic ring is 1. The quantitative estimate of drug-likeness (QED) is 0.784. The summed E-state index contributed by atoms with van der Waals surface area (Å²) in [6.07, 6.45) is 3.06. The van der Waals surface area contributed by atoms with E-state index in [1.165, 1.54) is 11.8 Å². The Bertz CT molecular complexity index is 550. The molecular weight excluding hydrogens is 276 g/mol. The van der Waals surface area contributed by atoms with Crippen LogP contribution in [-0.4, -0.2) is 24.9 Å². The van der Waals surface area contributed by atoms with Gasteiger partial charge in [-0.2, -0.15) is 4.98 Å². The van der Waals surface area contributed by atoms with Crippen molar-refractivity contribution in [1.82, 2.24) is 24.9 Å². The number of hydrogen-bond donors (Lipinski definition) is 1. The van der Waals surface area contributed by atoms with Crippen LogP contribution in [0.3, 0.4) is 0 Å². The molecule has 0 aliphatic heterocycles. The lowest BCUT2D eigenvalue weighted by Crippen LogP contribution is -2.07. The second-order valence-electron chi connectivity index (χ2n) is 4.80. The molecule has 0 saturated heterocycles. The highest BCUT2D eigenvalue weighted by atomic mass is 32.2. The Morgan fingerprint density at radius 1 is 1.35 bits per heavy atom. The Labute approximate surface area is 122 Å².